The van der Waals surface area contributed by atoms with E-state index < -0.39 is 0 Å². The third-order valence-corrected chi connectivity index (χ3v) is 4.69. The lowest BCUT2D eigenvalue weighted by Gasteiger charge is -2.47. The summed E-state index contributed by atoms with van der Waals surface area (Å²) in [7, 11) is 2.17. The average molecular weight is 291 g/mol. The van der Waals surface area contributed by atoms with E-state index in [-0.39, 0.29) is 5.60 Å². The van der Waals surface area contributed by atoms with Gasteiger partial charge in [-0.25, -0.2) is 4.98 Å². The Morgan fingerprint density at radius 3 is 2.81 bits per heavy atom. The van der Waals surface area contributed by atoms with Crippen molar-refractivity contribution in [3.8, 4) is 0 Å². The molecule has 3 rings (SSSR count). The van der Waals surface area contributed by atoms with E-state index >= 15 is 0 Å². The highest BCUT2D eigenvalue weighted by atomic mass is 16.5. The number of ether oxygens (including phenoxy) is 1. The van der Waals surface area contributed by atoms with Gasteiger partial charge < -0.3 is 20.3 Å². The quantitative estimate of drug-likeness (QED) is 0.874. The smallest absolute Gasteiger partial charge is 0.221 e. The fourth-order valence-electron chi connectivity index (χ4n) is 3.29. The van der Waals surface area contributed by atoms with Gasteiger partial charge in [0.25, 0.3) is 0 Å². The molecule has 1 aromatic rings. The molecule has 0 aromatic carbocycles. The first-order chi connectivity index (χ1) is 10.1. The van der Waals surface area contributed by atoms with E-state index in [1.807, 2.05) is 6.20 Å². The van der Waals surface area contributed by atoms with E-state index in [1.54, 1.807) is 0 Å². The van der Waals surface area contributed by atoms with Gasteiger partial charge in [-0.15, -0.1) is 0 Å². The molecule has 6 nitrogen and oxygen atoms in total. The zero-order chi connectivity index (χ0) is 14.9. The van der Waals surface area contributed by atoms with Crippen molar-refractivity contribution in [2.75, 3.05) is 50.5 Å². The summed E-state index contributed by atoms with van der Waals surface area (Å²) in [6.07, 6.45) is 4.95. The molecular formula is C15H25N5O. The number of aromatic nitrogens is 2. The second-order valence-corrected chi connectivity index (χ2v) is 6.19. The second-order valence-electron chi connectivity index (χ2n) is 6.19. The van der Waals surface area contributed by atoms with Gasteiger partial charge in [-0.3, -0.25) is 0 Å². The van der Waals surface area contributed by atoms with Gasteiger partial charge in [0, 0.05) is 37.9 Å². The van der Waals surface area contributed by atoms with Gasteiger partial charge in [0.05, 0.1) is 12.2 Å². The first-order valence-corrected chi connectivity index (χ1v) is 7.81. The van der Waals surface area contributed by atoms with Crippen LogP contribution in [0.4, 0.5) is 11.8 Å². The summed E-state index contributed by atoms with van der Waals surface area (Å²) in [5, 5.41) is 0. The number of hydrogen-bond donors (Lipinski definition) is 1. The lowest BCUT2D eigenvalue weighted by atomic mass is 9.89. The fraction of sp³-hybridized carbons (Fsp3) is 0.733. The molecule has 2 N–H and O–H groups in total. The first kappa shape index (κ1) is 14.5. The summed E-state index contributed by atoms with van der Waals surface area (Å²) >= 11 is 0. The Bertz CT molecular complexity index is 499. The predicted molar refractivity (Wildman–Crippen MR) is 83.4 cm³/mol. The standard InChI is InChI=1S/C15H25N5O/c1-3-12-10-17-14(16)18-13(12)20-8-9-21-15(11-20)4-6-19(2)7-5-15/h10H,3-9,11H2,1-2H3,(H2,16,17,18). The van der Waals surface area contributed by atoms with Crippen molar-refractivity contribution < 1.29 is 4.74 Å². The lowest BCUT2D eigenvalue weighted by molar-refractivity contribution is -0.0885. The third kappa shape index (κ3) is 2.96. The van der Waals surface area contributed by atoms with Crippen LogP contribution in [0, 0.1) is 0 Å². The first-order valence-electron chi connectivity index (χ1n) is 7.81. The minimum atomic E-state index is -0.0184. The van der Waals surface area contributed by atoms with Gasteiger partial charge >= 0.3 is 0 Å². The molecule has 0 radical (unpaired) electrons. The van der Waals surface area contributed by atoms with Crippen LogP contribution in [0.3, 0.4) is 0 Å². The number of morpholine rings is 1. The molecule has 2 aliphatic rings. The highest BCUT2D eigenvalue weighted by molar-refractivity contribution is 5.49. The molecule has 0 bridgehead atoms. The van der Waals surface area contributed by atoms with Crippen LogP contribution in [-0.2, 0) is 11.2 Å². The second kappa shape index (κ2) is 5.77. The summed E-state index contributed by atoms with van der Waals surface area (Å²) in [6.45, 7) is 6.87. The summed E-state index contributed by atoms with van der Waals surface area (Å²) in [6, 6.07) is 0. The van der Waals surface area contributed by atoms with Crippen molar-refractivity contribution in [1.82, 2.24) is 14.9 Å². The minimum absolute atomic E-state index is 0.0184. The molecule has 0 aliphatic carbocycles. The Morgan fingerprint density at radius 1 is 1.33 bits per heavy atom. The van der Waals surface area contributed by atoms with Gasteiger partial charge in [0.1, 0.15) is 5.82 Å². The molecule has 3 heterocycles. The number of aryl methyl sites for hydroxylation is 1. The summed E-state index contributed by atoms with van der Waals surface area (Å²) in [5.41, 5.74) is 6.93. The van der Waals surface area contributed by atoms with E-state index in [1.165, 1.54) is 0 Å². The highest BCUT2D eigenvalue weighted by Gasteiger charge is 2.39. The van der Waals surface area contributed by atoms with E-state index in [9.17, 15) is 0 Å². The van der Waals surface area contributed by atoms with Crippen LogP contribution in [0.15, 0.2) is 6.20 Å². The Hall–Kier alpha value is -1.40. The summed E-state index contributed by atoms with van der Waals surface area (Å²) < 4.78 is 6.17. The molecule has 0 unspecified atom stereocenters. The van der Waals surface area contributed by atoms with Crippen LogP contribution >= 0.6 is 0 Å². The topological polar surface area (TPSA) is 67.5 Å². The zero-order valence-corrected chi connectivity index (χ0v) is 13.0. The predicted octanol–water partition coefficient (Wildman–Crippen LogP) is 0.922. The molecule has 2 aliphatic heterocycles. The molecule has 1 aromatic heterocycles. The van der Waals surface area contributed by atoms with Crippen molar-refractivity contribution in [2.24, 2.45) is 0 Å². The number of rotatable bonds is 2. The molecule has 2 fully saturated rings. The molecular weight excluding hydrogens is 266 g/mol. The Balaban J connectivity index is 1.81. The number of nitrogen functional groups attached to an aromatic ring is 1. The number of nitrogens with two attached hydrogens (primary N) is 1. The van der Waals surface area contributed by atoms with Crippen LogP contribution in [0.5, 0.6) is 0 Å². The van der Waals surface area contributed by atoms with Crippen molar-refractivity contribution in [3.05, 3.63) is 11.8 Å². The molecule has 2 saturated heterocycles. The largest absolute Gasteiger partial charge is 0.371 e. The summed E-state index contributed by atoms with van der Waals surface area (Å²) in [4.78, 5) is 13.3. The molecule has 116 valence electrons. The van der Waals surface area contributed by atoms with E-state index in [2.05, 4.69) is 33.7 Å². The van der Waals surface area contributed by atoms with E-state index in [0.717, 1.165) is 63.4 Å². The normalized spacial score (nSPS) is 22.7. The van der Waals surface area contributed by atoms with Crippen LogP contribution in [0.25, 0.3) is 0 Å². The van der Waals surface area contributed by atoms with Crippen molar-refractivity contribution in [3.63, 3.8) is 0 Å². The monoisotopic (exact) mass is 291 g/mol. The maximum absolute atomic E-state index is 6.17. The van der Waals surface area contributed by atoms with Crippen molar-refractivity contribution in [2.45, 2.75) is 31.8 Å². The number of anilines is 2. The van der Waals surface area contributed by atoms with Crippen LogP contribution < -0.4 is 10.6 Å². The minimum Gasteiger partial charge on any atom is -0.371 e. The number of nitrogens with zero attached hydrogens (tertiary/aromatic N) is 4. The molecule has 0 atom stereocenters. The molecule has 0 amide bonds. The van der Waals surface area contributed by atoms with Gasteiger partial charge in [0.2, 0.25) is 5.95 Å². The summed E-state index contributed by atoms with van der Waals surface area (Å²) in [5.74, 6) is 1.35. The Labute approximate surface area is 126 Å². The van der Waals surface area contributed by atoms with Gasteiger partial charge in [-0.05, 0) is 26.3 Å². The van der Waals surface area contributed by atoms with E-state index in [0.29, 0.717) is 5.95 Å². The maximum atomic E-state index is 6.17. The van der Waals surface area contributed by atoms with Gasteiger partial charge in [0.15, 0.2) is 0 Å². The fourth-order valence-corrected chi connectivity index (χ4v) is 3.29. The average Bonchev–Trinajstić information content (AvgIpc) is 2.51. The Kier molecular flexibility index (Phi) is 3.99. The van der Waals surface area contributed by atoms with Gasteiger partial charge in [-0.2, -0.15) is 4.98 Å². The van der Waals surface area contributed by atoms with Crippen molar-refractivity contribution in [1.29, 1.82) is 0 Å². The molecule has 6 heteroatoms. The SMILES string of the molecule is CCc1cnc(N)nc1N1CCOC2(CCN(C)CC2)C1. The van der Waals surface area contributed by atoms with Gasteiger partial charge in [-0.1, -0.05) is 6.92 Å². The third-order valence-electron chi connectivity index (χ3n) is 4.69. The van der Waals surface area contributed by atoms with Crippen LogP contribution in [-0.4, -0.2) is 60.3 Å². The number of likely N-dealkylation sites (tertiary alicyclic amines) is 1. The molecule has 0 saturated carbocycles. The molecule has 21 heavy (non-hydrogen) atoms. The zero-order valence-electron chi connectivity index (χ0n) is 13.0. The lowest BCUT2D eigenvalue weighted by Crippen LogP contribution is -2.56. The number of piperidine rings is 1. The van der Waals surface area contributed by atoms with Crippen LogP contribution in [0.2, 0.25) is 0 Å². The maximum Gasteiger partial charge on any atom is 0.221 e. The van der Waals surface area contributed by atoms with E-state index in [4.69, 9.17) is 10.5 Å². The number of hydrogen-bond acceptors (Lipinski definition) is 6. The highest BCUT2D eigenvalue weighted by Crippen LogP contribution is 2.32. The van der Waals surface area contributed by atoms with Crippen molar-refractivity contribution >= 4 is 11.8 Å². The molecule has 1 spiro atoms. The van der Waals surface area contributed by atoms with Crippen LogP contribution in [0.1, 0.15) is 25.3 Å². The Morgan fingerprint density at radius 2 is 2.10 bits per heavy atom.